The summed E-state index contributed by atoms with van der Waals surface area (Å²) in [6.07, 6.45) is 0.866. The van der Waals surface area contributed by atoms with Crippen LogP contribution in [0.1, 0.15) is 23.7 Å². The van der Waals surface area contributed by atoms with Crippen LogP contribution in [-0.4, -0.2) is 4.98 Å². The Labute approximate surface area is 118 Å². The molecule has 0 aliphatic carbocycles. The van der Waals surface area contributed by atoms with E-state index in [1.165, 1.54) is 0 Å². The standard InChI is InChI=1S/C15H17ClN2O/c1-3-12-8-13(4-5-14(12)16)19-15-7-11(9-17)6-10(2)18-15/h4-8H,3,9,17H2,1-2H3. The van der Waals surface area contributed by atoms with Crippen LogP contribution in [-0.2, 0) is 13.0 Å². The lowest BCUT2D eigenvalue weighted by Crippen LogP contribution is -1.99. The smallest absolute Gasteiger partial charge is 0.219 e. The predicted octanol–water partition coefficient (Wildman–Crippen LogP) is 3.86. The summed E-state index contributed by atoms with van der Waals surface area (Å²) in [4.78, 5) is 4.34. The third kappa shape index (κ3) is 3.46. The molecular weight excluding hydrogens is 260 g/mol. The molecule has 2 N–H and O–H groups in total. The molecule has 0 radical (unpaired) electrons. The van der Waals surface area contributed by atoms with E-state index in [9.17, 15) is 0 Å². The van der Waals surface area contributed by atoms with Crippen LogP contribution in [0.15, 0.2) is 30.3 Å². The fourth-order valence-electron chi connectivity index (χ4n) is 1.88. The molecular formula is C15H17ClN2O. The van der Waals surface area contributed by atoms with Crippen molar-refractivity contribution in [2.24, 2.45) is 5.73 Å². The molecule has 2 rings (SSSR count). The van der Waals surface area contributed by atoms with Crippen molar-refractivity contribution in [2.45, 2.75) is 26.8 Å². The Morgan fingerprint density at radius 3 is 2.74 bits per heavy atom. The van der Waals surface area contributed by atoms with Crippen molar-refractivity contribution < 1.29 is 4.74 Å². The van der Waals surface area contributed by atoms with Gasteiger partial charge in [0.2, 0.25) is 5.88 Å². The Hall–Kier alpha value is -1.58. The highest BCUT2D eigenvalue weighted by Crippen LogP contribution is 2.26. The molecule has 1 aromatic heterocycles. The largest absolute Gasteiger partial charge is 0.439 e. The first kappa shape index (κ1) is 13.8. The Kier molecular flexibility index (Phi) is 4.40. The lowest BCUT2D eigenvalue weighted by atomic mass is 10.1. The monoisotopic (exact) mass is 276 g/mol. The number of benzene rings is 1. The van der Waals surface area contributed by atoms with Gasteiger partial charge in [-0.2, -0.15) is 0 Å². The number of aromatic nitrogens is 1. The summed E-state index contributed by atoms with van der Waals surface area (Å²) in [6.45, 7) is 4.45. The van der Waals surface area contributed by atoms with Gasteiger partial charge in [0.15, 0.2) is 0 Å². The van der Waals surface area contributed by atoms with Gasteiger partial charge in [-0.1, -0.05) is 18.5 Å². The third-order valence-electron chi connectivity index (χ3n) is 2.85. The van der Waals surface area contributed by atoms with Crippen LogP contribution in [0.3, 0.4) is 0 Å². The summed E-state index contributed by atoms with van der Waals surface area (Å²) < 4.78 is 5.77. The number of nitrogens with zero attached hydrogens (tertiary/aromatic N) is 1. The van der Waals surface area contributed by atoms with Gasteiger partial charge in [-0.05, 0) is 48.7 Å². The van der Waals surface area contributed by atoms with Crippen molar-refractivity contribution in [1.82, 2.24) is 4.98 Å². The van der Waals surface area contributed by atoms with Crippen molar-refractivity contribution in [3.63, 3.8) is 0 Å². The number of ether oxygens (including phenoxy) is 1. The summed E-state index contributed by atoms with van der Waals surface area (Å²) in [7, 11) is 0. The summed E-state index contributed by atoms with van der Waals surface area (Å²) in [5.41, 5.74) is 8.60. The molecule has 1 aromatic carbocycles. The zero-order valence-electron chi connectivity index (χ0n) is 11.1. The average molecular weight is 277 g/mol. The minimum atomic E-state index is 0.473. The lowest BCUT2D eigenvalue weighted by Gasteiger charge is -2.09. The van der Waals surface area contributed by atoms with Gasteiger partial charge in [-0.3, -0.25) is 0 Å². The molecule has 4 heteroatoms. The van der Waals surface area contributed by atoms with Gasteiger partial charge in [-0.15, -0.1) is 0 Å². The van der Waals surface area contributed by atoms with E-state index in [1.54, 1.807) is 0 Å². The van der Waals surface area contributed by atoms with E-state index in [0.29, 0.717) is 12.4 Å². The molecule has 1 heterocycles. The second kappa shape index (κ2) is 6.04. The van der Waals surface area contributed by atoms with Crippen molar-refractivity contribution in [1.29, 1.82) is 0 Å². The Bertz CT molecular complexity index is 584. The highest BCUT2D eigenvalue weighted by Gasteiger charge is 2.05. The van der Waals surface area contributed by atoms with Crippen LogP contribution in [0.4, 0.5) is 0 Å². The molecule has 0 saturated carbocycles. The molecule has 0 aliphatic heterocycles. The van der Waals surface area contributed by atoms with E-state index in [0.717, 1.165) is 34.0 Å². The first-order valence-corrected chi connectivity index (χ1v) is 6.64. The molecule has 0 saturated heterocycles. The molecule has 19 heavy (non-hydrogen) atoms. The molecule has 0 unspecified atom stereocenters. The van der Waals surface area contributed by atoms with Crippen LogP contribution in [0.25, 0.3) is 0 Å². The fraction of sp³-hybridized carbons (Fsp3) is 0.267. The zero-order chi connectivity index (χ0) is 13.8. The number of hydrogen-bond acceptors (Lipinski definition) is 3. The predicted molar refractivity (Wildman–Crippen MR) is 77.8 cm³/mol. The van der Waals surface area contributed by atoms with Crippen LogP contribution in [0, 0.1) is 6.92 Å². The second-order valence-electron chi connectivity index (χ2n) is 4.37. The lowest BCUT2D eigenvalue weighted by molar-refractivity contribution is 0.460. The summed E-state index contributed by atoms with van der Waals surface area (Å²) in [5.74, 6) is 1.30. The topological polar surface area (TPSA) is 48.1 Å². The van der Waals surface area contributed by atoms with Gasteiger partial charge >= 0.3 is 0 Å². The Morgan fingerprint density at radius 2 is 2.05 bits per heavy atom. The van der Waals surface area contributed by atoms with E-state index in [1.807, 2.05) is 37.3 Å². The Morgan fingerprint density at radius 1 is 1.26 bits per heavy atom. The first-order chi connectivity index (χ1) is 9.12. The highest BCUT2D eigenvalue weighted by atomic mass is 35.5. The minimum absolute atomic E-state index is 0.473. The van der Waals surface area contributed by atoms with Gasteiger partial charge in [0.1, 0.15) is 5.75 Å². The quantitative estimate of drug-likeness (QED) is 0.922. The maximum Gasteiger partial charge on any atom is 0.219 e. The van der Waals surface area contributed by atoms with E-state index in [4.69, 9.17) is 22.1 Å². The van der Waals surface area contributed by atoms with Gasteiger partial charge in [0.05, 0.1) is 0 Å². The van der Waals surface area contributed by atoms with Gasteiger partial charge in [-0.25, -0.2) is 4.98 Å². The third-order valence-corrected chi connectivity index (χ3v) is 3.21. The molecule has 0 spiro atoms. The maximum atomic E-state index is 6.08. The van der Waals surface area contributed by atoms with Crippen LogP contribution < -0.4 is 10.5 Å². The average Bonchev–Trinajstić information content (AvgIpc) is 2.40. The van der Waals surface area contributed by atoms with E-state index < -0.39 is 0 Å². The first-order valence-electron chi connectivity index (χ1n) is 6.26. The maximum absolute atomic E-state index is 6.08. The molecule has 3 nitrogen and oxygen atoms in total. The van der Waals surface area contributed by atoms with Gasteiger partial charge < -0.3 is 10.5 Å². The van der Waals surface area contributed by atoms with Crippen molar-refractivity contribution in [3.8, 4) is 11.6 Å². The van der Waals surface area contributed by atoms with Crippen LogP contribution in [0.5, 0.6) is 11.6 Å². The SMILES string of the molecule is CCc1cc(Oc2cc(CN)cc(C)n2)ccc1Cl. The minimum Gasteiger partial charge on any atom is -0.439 e. The molecule has 0 amide bonds. The second-order valence-corrected chi connectivity index (χ2v) is 4.78. The van der Waals surface area contributed by atoms with E-state index in [-0.39, 0.29) is 0 Å². The molecule has 2 aromatic rings. The number of rotatable bonds is 4. The summed E-state index contributed by atoms with van der Waals surface area (Å²) in [6, 6.07) is 9.43. The molecule has 100 valence electrons. The van der Waals surface area contributed by atoms with Crippen molar-refractivity contribution in [2.75, 3.05) is 0 Å². The number of nitrogens with two attached hydrogens (primary N) is 1. The number of hydrogen-bond donors (Lipinski definition) is 1. The van der Waals surface area contributed by atoms with E-state index in [2.05, 4.69) is 11.9 Å². The van der Waals surface area contributed by atoms with Crippen LogP contribution in [0.2, 0.25) is 5.02 Å². The van der Waals surface area contributed by atoms with E-state index >= 15 is 0 Å². The van der Waals surface area contributed by atoms with Gasteiger partial charge in [0, 0.05) is 23.3 Å². The molecule has 0 fully saturated rings. The number of pyridine rings is 1. The normalized spacial score (nSPS) is 10.5. The Balaban J connectivity index is 2.28. The zero-order valence-corrected chi connectivity index (χ0v) is 11.9. The fourth-order valence-corrected chi connectivity index (χ4v) is 2.13. The van der Waals surface area contributed by atoms with Crippen LogP contribution >= 0.6 is 11.6 Å². The molecule has 0 atom stereocenters. The summed E-state index contributed by atoms with van der Waals surface area (Å²) >= 11 is 6.08. The molecule has 0 aliphatic rings. The van der Waals surface area contributed by atoms with Crippen molar-refractivity contribution in [3.05, 3.63) is 52.2 Å². The summed E-state index contributed by atoms with van der Waals surface area (Å²) in [5, 5.41) is 0.759. The number of aryl methyl sites for hydroxylation is 2. The highest BCUT2D eigenvalue weighted by molar-refractivity contribution is 6.31. The van der Waals surface area contributed by atoms with Crippen molar-refractivity contribution >= 4 is 11.6 Å². The molecule has 0 bridgehead atoms. The number of halogens is 1. The van der Waals surface area contributed by atoms with Gasteiger partial charge in [0.25, 0.3) is 0 Å².